The van der Waals surface area contributed by atoms with Gasteiger partial charge >= 0.3 is 0 Å². The van der Waals surface area contributed by atoms with Gasteiger partial charge in [-0.05, 0) is 77.3 Å². The van der Waals surface area contributed by atoms with Gasteiger partial charge in [0.25, 0.3) is 0 Å². The molecule has 2 aromatic carbocycles. The van der Waals surface area contributed by atoms with Crippen LogP contribution in [0.2, 0.25) is 0 Å². The molecule has 0 bridgehead atoms. The minimum atomic E-state index is -3.55. The van der Waals surface area contributed by atoms with E-state index < -0.39 is 21.6 Å². The van der Waals surface area contributed by atoms with Crippen molar-refractivity contribution in [3.05, 3.63) is 60.2 Å². The molecule has 1 atom stereocenters. The average Bonchev–Trinajstić information content (AvgIpc) is 2.81. The first-order valence-electron chi connectivity index (χ1n) is 12.7. The third-order valence-electron chi connectivity index (χ3n) is 5.74. The normalized spacial score (nSPS) is 12.5. The fourth-order valence-corrected chi connectivity index (χ4v) is 4.89. The Morgan fingerprint density at radius 2 is 1.62 bits per heavy atom. The number of hydrogen-bond donors (Lipinski definition) is 1. The number of carbonyl (C=O) groups excluding carboxylic acids is 2. The Balaban J connectivity index is 2.12. The predicted molar refractivity (Wildman–Crippen MR) is 148 cm³/mol. The van der Waals surface area contributed by atoms with Gasteiger partial charge < -0.3 is 15.0 Å². The standard InChI is InChI=1S/C28H41N3O5S/c1-7-36-25-17-15-24(16-18-25)31(37(6,34)35)20-11-14-26(32)30(21-19-23-12-9-8-10-13-23)22(2)27(33)29-28(3,4)5/h8-10,12-13,15-18,22H,7,11,14,19-21H2,1-6H3,(H,29,33). The van der Waals surface area contributed by atoms with Gasteiger partial charge in [-0.1, -0.05) is 30.3 Å². The molecule has 8 nitrogen and oxygen atoms in total. The molecule has 37 heavy (non-hydrogen) atoms. The van der Waals surface area contributed by atoms with Crippen LogP contribution in [0, 0.1) is 0 Å². The van der Waals surface area contributed by atoms with Crippen LogP contribution in [0.1, 0.15) is 53.0 Å². The molecule has 0 saturated carbocycles. The summed E-state index contributed by atoms with van der Waals surface area (Å²) >= 11 is 0. The summed E-state index contributed by atoms with van der Waals surface area (Å²) in [5.74, 6) is 0.250. The summed E-state index contributed by atoms with van der Waals surface area (Å²) in [7, 11) is -3.55. The highest BCUT2D eigenvalue weighted by Crippen LogP contribution is 2.22. The van der Waals surface area contributed by atoms with Crippen LogP contribution in [-0.2, 0) is 26.0 Å². The molecule has 0 aliphatic carbocycles. The van der Waals surface area contributed by atoms with Crippen molar-refractivity contribution in [2.45, 2.75) is 65.5 Å². The van der Waals surface area contributed by atoms with Crippen LogP contribution in [0.4, 0.5) is 5.69 Å². The SMILES string of the molecule is CCOc1ccc(N(CCCC(=O)N(CCc2ccccc2)C(C)C(=O)NC(C)(C)C)S(C)(=O)=O)cc1. The molecular formula is C28H41N3O5S. The number of benzene rings is 2. The molecule has 0 aliphatic rings. The van der Waals surface area contributed by atoms with Crippen LogP contribution < -0.4 is 14.4 Å². The number of nitrogens with zero attached hydrogens (tertiary/aromatic N) is 2. The fourth-order valence-electron chi connectivity index (χ4n) is 3.92. The van der Waals surface area contributed by atoms with Gasteiger partial charge in [-0.2, -0.15) is 0 Å². The minimum absolute atomic E-state index is 0.116. The highest BCUT2D eigenvalue weighted by Gasteiger charge is 2.28. The number of nitrogens with one attached hydrogen (secondary N) is 1. The molecule has 2 aromatic rings. The Hall–Kier alpha value is -3.07. The van der Waals surface area contributed by atoms with Gasteiger partial charge in [0.15, 0.2) is 0 Å². The Kier molecular flexibility index (Phi) is 11.0. The monoisotopic (exact) mass is 531 g/mol. The second kappa shape index (κ2) is 13.5. The number of amides is 2. The quantitative estimate of drug-likeness (QED) is 0.421. The first kappa shape index (κ1) is 30.2. The van der Waals surface area contributed by atoms with Crippen molar-refractivity contribution < 1.29 is 22.7 Å². The molecule has 0 spiro atoms. The molecular weight excluding hydrogens is 490 g/mol. The van der Waals surface area contributed by atoms with Gasteiger partial charge in [-0.3, -0.25) is 13.9 Å². The lowest BCUT2D eigenvalue weighted by Gasteiger charge is -2.32. The Morgan fingerprint density at radius 3 is 2.16 bits per heavy atom. The molecule has 1 unspecified atom stereocenters. The number of sulfonamides is 1. The second-order valence-electron chi connectivity index (χ2n) is 10.1. The smallest absolute Gasteiger partial charge is 0.242 e. The van der Waals surface area contributed by atoms with Crippen molar-refractivity contribution in [2.24, 2.45) is 0 Å². The number of carbonyl (C=O) groups is 2. The van der Waals surface area contributed by atoms with Crippen molar-refractivity contribution in [1.82, 2.24) is 10.2 Å². The Labute approximate surface area is 222 Å². The predicted octanol–water partition coefficient (Wildman–Crippen LogP) is 4.01. The summed E-state index contributed by atoms with van der Waals surface area (Å²) in [4.78, 5) is 27.8. The van der Waals surface area contributed by atoms with Gasteiger partial charge in [0.2, 0.25) is 21.8 Å². The van der Waals surface area contributed by atoms with E-state index in [-0.39, 0.29) is 24.8 Å². The van der Waals surface area contributed by atoms with E-state index in [2.05, 4.69) is 5.32 Å². The summed E-state index contributed by atoms with van der Waals surface area (Å²) in [5.41, 5.74) is 1.16. The molecule has 204 valence electrons. The number of ether oxygens (including phenoxy) is 1. The first-order chi connectivity index (χ1) is 17.3. The highest BCUT2D eigenvalue weighted by atomic mass is 32.2. The van der Waals surface area contributed by atoms with E-state index in [4.69, 9.17) is 4.74 Å². The molecule has 1 N–H and O–H groups in total. The van der Waals surface area contributed by atoms with E-state index in [1.807, 2.05) is 58.0 Å². The van der Waals surface area contributed by atoms with Crippen molar-refractivity contribution >= 4 is 27.5 Å². The maximum atomic E-state index is 13.3. The largest absolute Gasteiger partial charge is 0.494 e. The average molecular weight is 532 g/mol. The lowest BCUT2D eigenvalue weighted by molar-refractivity contribution is -0.140. The molecule has 0 heterocycles. The number of anilines is 1. The van der Waals surface area contributed by atoms with Gasteiger partial charge in [0.05, 0.1) is 18.6 Å². The third kappa shape index (κ3) is 10.1. The maximum Gasteiger partial charge on any atom is 0.242 e. The van der Waals surface area contributed by atoms with Gasteiger partial charge in [0, 0.05) is 25.0 Å². The zero-order valence-electron chi connectivity index (χ0n) is 22.9. The summed E-state index contributed by atoms with van der Waals surface area (Å²) < 4.78 is 31.7. The van der Waals surface area contributed by atoms with Crippen molar-refractivity contribution in [3.8, 4) is 5.75 Å². The molecule has 2 amide bonds. The van der Waals surface area contributed by atoms with Gasteiger partial charge in [0.1, 0.15) is 11.8 Å². The molecule has 0 aliphatic heterocycles. The fraction of sp³-hybridized carbons (Fsp3) is 0.500. The molecule has 0 fully saturated rings. The topological polar surface area (TPSA) is 96.0 Å². The van der Waals surface area contributed by atoms with Crippen LogP contribution in [-0.4, -0.2) is 62.7 Å². The molecule has 0 radical (unpaired) electrons. The van der Waals surface area contributed by atoms with Gasteiger partial charge in [-0.15, -0.1) is 0 Å². The van der Waals surface area contributed by atoms with Crippen molar-refractivity contribution in [1.29, 1.82) is 0 Å². The lowest BCUT2D eigenvalue weighted by Crippen LogP contribution is -2.53. The summed E-state index contributed by atoms with van der Waals surface area (Å²) in [6.45, 7) is 10.3. The van der Waals surface area contributed by atoms with Crippen LogP contribution in [0.3, 0.4) is 0 Å². The Morgan fingerprint density at radius 1 is 1.00 bits per heavy atom. The molecule has 0 saturated heterocycles. The lowest BCUT2D eigenvalue weighted by atomic mass is 10.1. The van der Waals surface area contributed by atoms with E-state index in [1.54, 1.807) is 36.1 Å². The van der Waals surface area contributed by atoms with Gasteiger partial charge in [-0.25, -0.2) is 8.42 Å². The van der Waals surface area contributed by atoms with Crippen LogP contribution in [0.15, 0.2) is 54.6 Å². The molecule has 2 rings (SSSR count). The zero-order chi connectivity index (χ0) is 27.6. The zero-order valence-corrected chi connectivity index (χ0v) is 23.7. The van der Waals surface area contributed by atoms with E-state index in [9.17, 15) is 18.0 Å². The maximum absolute atomic E-state index is 13.3. The van der Waals surface area contributed by atoms with Crippen molar-refractivity contribution in [3.63, 3.8) is 0 Å². The summed E-state index contributed by atoms with van der Waals surface area (Å²) in [5, 5.41) is 2.95. The molecule has 9 heteroatoms. The first-order valence-corrected chi connectivity index (χ1v) is 14.5. The Bertz CT molecular complexity index is 1110. The van der Waals surface area contributed by atoms with E-state index in [0.717, 1.165) is 11.8 Å². The van der Waals surface area contributed by atoms with Crippen LogP contribution in [0.25, 0.3) is 0 Å². The molecule has 0 aromatic heterocycles. The van der Waals surface area contributed by atoms with E-state index >= 15 is 0 Å². The number of rotatable bonds is 13. The van der Waals surface area contributed by atoms with Crippen molar-refractivity contribution in [2.75, 3.05) is 30.3 Å². The van der Waals surface area contributed by atoms with E-state index in [0.29, 0.717) is 37.4 Å². The highest BCUT2D eigenvalue weighted by molar-refractivity contribution is 7.92. The third-order valence-corrected chi connectivity index (χ3v) is 6.93. The summed E-state index contributed by atoms with van der Waals surface area (Å²) in [6, 6.07) is 16.0. The minimum Gasteiger partial charge on any atom is -0.494 e. The summed E-state index contributed by atoms with van der Waals surface area (Å²) in [6.07, 6.45) is 2.19. The van der Waals surface area contributed by atoms with Crippen LogP contribution in [0.5, 0.6) is 5.75 Å². The van der Waals surface area contributed by atoms with E-state index in [1.165, 1.54) is 4.31 Å². The van der Waals surface area contributed by atoms with Crippen LogP contribution >= 0.6 is 0 Å². The second-order valence-corrected chi connectivity index (χ2v) is 12.0. The number of hydrogen-bond acceptors (Lipinski definition) is 5.